The van der Waals surface area contributed by atoms with E-state index in [0.29, 0.717) is 25.0 Å². The van der Waals surface area contributed by atoms with Crippen molar-refractivity contribution in [2.75, 3.05) is 26.2 Å². The number of rotatable bonds is 4. The average Bonchev–Trinajstić information content (AvgIpc) is 2.88. The lowest BCUT2D eigenvalue weighted by atomic mass is 9.94. The van der Waals surface area contributed by atoms with E-state index in [1.165, 1.54) is 25.0 Å². The van der Waals surface area contributed by atoms with Gasteiger partial charge in [-0.25, -0.2) is 4.39 Å². The van der Waals surface area contributed by atoms with Crippen molar-refractivity contribution in [3.05, 3.63) is 35.6 Å². The van der Waals surface area contributed by atoms with Crippen LogP contribution in [0, 0.1) is 11.7 Å². The molecule has 2 saturated heterocycles. The Morgan fingerprint density at radius 3 is 2.90 bits per heavy atom. The number of hydrogen-bond donors (Lipinski definition) is 2. The number of nitrogens with zero attached hydrogens (tertiary/aromatic N) is 1. The lowest BCUT2D eigenvalue weighted by Crippen LogP contribution is -2.41. The minimum Gasteiger partial charge on any atom is -0.351 e. The van der Waals surface area contributed by atoms with Gasteiger partial charge in [0.2, 0.25) is 5.91 Å². The van der Waals surface area contributed by atoms with Crippen molar-refractivity contribution in [1.82, 2.24) is 15.5 Å². The second-order valence-electron chi connectivity index (χ2n) is 6.06. The predicted molar refractivity (Wildman–Crippen MR) is 79.2 cm³/mol. The molecule has 0 radical (unpaired) electrons. The van der Waals surface area contributed by atoms with Crippen molar-refractivity contribution in [3.63, 3.8) is 0 Å². The third kappa shape index (κ3) is 3.80. The van der Waals surface area contributed by atoms with E-state index in [0.717, 1.165) is 25.2 Å². The Balaban J connectivity index is 1.43. The Labute approximate surface area is 124 Å². The number of likely N-dealkylation sites (tertiary alicyclic amines) is 1. The second kappa shape index (κ2) is 6.54. The van der Waals surface area contributed by atoms with Gasteiger partial charge in [0.25, 0.3) is 0 Å². The van der Waals surface area contributed by atoms with Crippen LogP contribution in [0.15, 0.2) is 24.3 Å². The van der Waals surface area contributed by atoms with Crippen LogP contribution in [0.5, 0.6) is 0 Å². The van der Waals surface area contributed by atoms with Crippen LogP contribution >= 0.6 is 0 Å². The number of amides is 1. The van der Waals surface area contributed by atoms with E-state index in [1.54, 1.807) is 12.1 Å². The Hall–Kier alpha value is -1.46. The quantitative estimate of drug-likeness (QED) is 0.874. The van der Waals surface area contributed by atoms with E-state index in [9.17, 15) is 9.18 Å². The zero-order valence-electron chi connectivity index (χ0n) is 12.1. The van der Waals surface area contributed by atoms with Crippen molar-refractivity contribution in [3.8, 4) is 0 Å². The highest BCUT2D eigenvalue weighted by Crippen LogP contribution is 2.24. The highest BCUT2D eigenvalue weighted by Gasteiger charge is 2.34. The fraction of sp³-hybridized carbons (Fsp3) is 0.562. The van der Waals surface area contributed by atoms with Gasteiger partial charge in [-0.05, 0) is 43.0 Å². The molecule has 2 heterocycles. The highest BCUT2D eigenvalue weighted by molar-refractivity contribution is 5.78. The Morgan fingerprint density at radius 1 is 1.33 bits per heavy atom. The fourth-order valence-electron chi connectivity index (χ4n) is 3.33. The summed E-state index contributed by atoms with van der Waals surface area (Å²) in [5.74, 6) is 0.485. The van der Waals surface area contributed by atoms with E-state index >= 15 is 0 Å². The maximum absolute atomic E-state index is 12.8. The van der Waals surface area contributed by atoms with Crippen LogP contribution in [0.2, 0.25) is 0 Å². The molecule has 4 nitrogen and oxygen atoms in total. The van der Waals surface area contributed by atoms with E-state index in [-0.39, 0.29) is 11.7 Å². The normalized spacial score (nSPS) is 25.6. The van der Waals surface area contributed by atoms with Gasteiger partial charge >= 0.3 is 0 Å². The van der Waals surface area contributed by atoms with Crippen molar-refractivity contribution in [2.45, 2.75) is 25.4 Å². The summed E-state index contributed by atoms with van der Waals surface area (Å²) in [4.78, 5) is 14.2. The fourth-order valence-corrected chi connectivity index (χ4v) is 3.33. The smallest absolute Gasteiger partial charge is 0.234 e. The van der Waals surface area contributed by atoms with Crippen LogP contribution in [0.1, 0.15) is 18.4 Å². The Morgan fingerprint density at radius 2 is 2.14 bits per heavy atom. The summed E-state index contributed by atoms with van der Waals surface area (Å²) in [5, 5.41) is 6.44. The van der Waals surface area contributed by atoms with Gasteiger partial charge in [-0.2, -0.15) is 0 Å². The highest BCUT2D eigenvalue weighted by atomic mass is 19.1. The van der Waals surface area contributed by atoms with Crippen molar-refractivity contribution < 1.29 is 9.18 Å². The molecule has 114 valence electrons. The third-order valence-electron chi connectivity index (χ3n) is 4.45. The first-order valence-electron chi connectivity index (χ1n) is 7.67. The van der Waals surface area contributed by atoms with E-state index < -0.39 is 0 Å². The first kappa shape index (κ1) is 14.5. The van der Waals surface area contributed by atoms with Gasteiger partial charge in [0.15, 0.2) is 0 Å². The van der Waals surface area contributed by atoms with E-state index in [1.807, 2.05) is 0 Å². The Kier molecular flexibility index (Phi) is 4.51. The molecule has 1 aromatic rings. The minimum absolute atomic E-state index is 0.0398. The molecule has 1 aromatic carbocycles. The lowest BCUT2D eigenvalue weighted by Gasteiger charge is -2.24. The predicted octanol–water partition coefficient (Wildman–Crippen LogP) is 1.13. The number of piperidine rings is 1. The molecule has 0 saturated carbocycles. The number of benzene rings is 1. The molecular weight excluding hydrogens is 269 g/mol. The van der Waals surface area contributed by atoms with Gasteiger partial charge in [0, 0.05) is 25.7 Å². The summed E-state index contributed by atoms with van der Waals surface area (Å²) in [7, 11) is 0. The van der Waals surface area contributed by atoms with Gasteiger partial charge in [-0.3, -0.25) is 9.69 Å². The van der Waals surface area contributed by atoms with Crippen LogP contribution in [-0.4, -0.2) is 43.0 Å². The number of nitrogens with one attached hydrogen (secondary N) is 2. The van der Waals surface area contributed by atoms with E-state index in [2.05, 4.69) is 15.5 Å². The summed E-state index contributed by atoms with van der Waals surface area (Å²) in [6.07, 6.45) is 2.51. The molecule has 0 spiro atoms. The summed E-state index contributed by atoms with van der Waals surface area (Å²) >= 11 is 0. The van der Waals surface area contributed by atoms with Crippen molar-refractivity contribution in [1.29, 1.82) is 0 Å². The lowest BCUT2D eigenvalue weighted by molar-refractivity contribution is -0.122. The van der Waals surface area contributed by atoms with Crippen molar-refractivity contribution in [2.24, 2.45) is 5.92 Å². The molecule has 1 amide bonds. The third-order valence-corrected chi connectivity index (χ3v) is 4.45. The zero-order chi connectivity index (χ0) is 14.7. The summed E-state index contributed by atoms with van der Waals surface area (Å²) in [5.41, 5.74) is 0.918. The summed E-state index contributed by atoms with van der Waals surface area (Å²) < 4.78 is 12.8. The zero-order valence-corrected chi connectivity index (χ0v) is 12.1. The molecule has 2 aliphatic heterocycles. The molecule has 5 heteroatoms. The van der Waals surface area contributed by atoms with Crippen LogP contribution in [0.25, 0.3) is 0 Å². The molecular formula is C16H22FN3O. The first-order valence-corrected chi connectivity index (χ1v) is 7.67. The molecule has 2 fully saturated rings. The SMILES string of the molecule is O=C(CN1CC2CCCNC2C1)NCc1ccc(F)cc1. The molecule has 0 aromatic heterocycles. The topological polar surface area (TPSA) is 44.4 Å². The van der Waals surface area contributed by atoms with Crippen LogP contribution in [0.3, 0.4) is 0 Å². The molecule has 2 aliphatic rings. The van der Waals surface area contributed by atoms with Gasteiger partial charge in [0.1, 0.15) is 5.82 Å². The molecule has 0 bridgehead atoms. The van der Waals surface area contributed by atoms with Crippen LogP contribution in [0.4, 0.5) is 4.39 Å². The molecule has 2 N–H and O–H groups in total. The maximum atomic E-state index is 12.8. The number of carbonyl (C=O) groups excluding carboxylic acids is 1. The molecule has 21 heavy (non-hydrogen) atoms. The van der Waals surface area contributed by atoms with Crippen LogP contribution in [-0.2, 0) is 11.3 Å². The molecule has 0 aliphatic carbocycles. The summed E-state index contributed by atoms with van der Waals surface area (Å²) in [6.45, 7) is 4.00. The molecule has 3 rings (SSSR count). The van der Waals surface area contributed by atoms with Gasteiger partial charge < -0.3 is 10.6 Å². The standard InChI is InChI=1S/C16H22FN3O/c17-14-5-3-12(4-6-14)8-19-16(21)11-20-9-13-2-1-7-18-15(13)10-20/h3-6,13,15,18H,1-2,7-11H2,(H,19,21). The minimum atomic E-state index is -0.253. The number of carbonyl (C=O) groups is 1. The molecule has 2 unspecified atom stereocenters. The number of hydrogen-bond acceptors (Lipinski definition) is 3. The summed E-state index contributed by atoms with van der Waals surface area (Å²) in [6, 6.07) is 6.79. The number of fused-ring (bicyclic) bond motifs is 1. The van der Waals surface area contributed by atoms with Crippen molar-refractivity contribution >= 4 is 5.91 Å². The monoisotopic (exact) mass is 291 g/mol. The van der Waals surface area contributed by atoms with Gasteiger partial charge in [-0.15, -0.1) is 0 Å². The second-order valence-corrected chi connectivity index (χ2v) is 6.06. The largest absolute Gasteiger partial charge is 0.351 e. The van der Waals surface area contributed by atoms with Gasteiger partial charge in [0.05, 0.1) is 6.54 Å². The molecule has 2 atom stereocenters. The first-order chi connectivity index (χ1) is 10.2. The average molecular weight is 291 g/mol. The van der Waals surface area contributed by atoms with Crippen LogP contribution < -0.4 is 10.6 Å². The van der Waals surface area contributed by atoms with Gasteiger partial charge in [-0.1, -0.05) is 12.1 Å². The maximum Gasteiger partial charge on any atom is 0.234 e. The van der Waals surface area contributed by atoms with E-state index in [4.69, 9.17) is 0 Å². The number of halogens is 1. The Bertz CT molecular complexity index is 477.